The highest BCUT2D eigenvalue weighted by Crippen LogP contribution is 2.54. The minimum atomic E-state index is -0.491. The zero-order valence-electron chi connectivity index (χ0n) is 10.9. The average molecular weight is 320 g/mol. The predicted octanol–water partition coefficient (Wildman–Crippen LogP) is 4.21. The van der Waals surface area contributed by atoms with Crippen molar-refractivity contribution in [3.63, 3.8) is 0 Å². The monoisotopic (exact) mass is 319 g/mol. The minimum absolute atomic E-state index is 0.390. The van der Waals surface area contributed by atoms with Crippen molar-refractivity contribution in [3.8, 4) is 0 Å². The van der Waals surface area contributed by atoms with E-state index in [-0.39, 0.29) is 0 Å². The Labute approximate surface area is 128 Å². The Kier molecular flexibility index (Phi) is 4.30. The van der Waals surface area contributed by atoms with Gasteiger partial charge >= 0.3 is 0 Å². The van der Waals surface area contributed by atoms with Gasteiger partial charge in [-0.1, -0.05) is 37.4 Å². The summed E-state index contributed by atoms with van der Waals surface area (Å²) < 4.78 is -0.491. The van der Waals surface area contributed by atoms with Crippen LogP contribution in [-0.4, -0.2) is 25.3 Å². The third kappa shape index (κ3) is 3.79. The lowest BCUT2D eigenvalue weighted by Gasteiger charge is -2.05. The zero-order valence-corrected chi connectivity index (χ0v) is 13.2. The molecule has 0 bridgehead atoms. The fraction of sp³-hybridized carbons (Fsp3) is 0.846. The number of rotatable bonds is 6. The molecule has 106 valence electrons. The van der Waals surface area contributed by atoms with Gasteiger partial charge in [0.05, 0.1) is 0 Å². The Morgan fingerprint density at radius 1 is 1.32 bits per heavy atom. The molecule has 3 rings (SSSR count). The highest BCUT2D eigenvalue weighted by atomic mass is 35.5. The SMILES string of the molecule is ClC1(Cl)C[C@H]1CSc1n[nH]c(CCC2CCCC2)n1. The van der Waals surface area contributed by atoms with Gasteiger partial charge in [-0.25, -0.2) is 4.98 Å². The minimum Gasteiger partial charge on any atom is -0.262 e. The number of hydrogen-bond acceptors (Lipinski definition) is 3. The smallest absolute Gasteiger partial charge is 0.208 e. The number of hydrogen-bond donors (Lipinski definition) is 1. The molecule has 2 saturated carbocycles. The number of alkyl halides is 2. The van der Waals surface area contributed by atoms with Crippen LogP contribution in [-0.2, 0) is 6.42 Å². The first-order valence-electron chi connectivity index (χ1n) is 7.05. The topological polar surface area (TPSA) is 41.6 Å². The summed E-state index contributed by atoms with van der Waals surface area (Å²) >= 11 is 13.7. The number of aromatic nitrogens is 3. The van der Waals surface area contributed by atoms with E-state index in [0.717, 1.165) is 35.5 Å². The molecule has 0 aliphatic heterocycles. The third-order valence-corrected chi connectivity index (χ3v) is 6.08. The van der Waals surface area contributed by atoms with Gasteiger partial charge in [-0.2, -0.15) is 0 Å². The first-order chi connectivity index (χ1) is 9.13. The quantitative estimate of drug-likeness (QED) is 0.630. The number of nitrogens with one attached hydrogen (secondary N) is 1. The highest BCUT2D eigenvalue weighted by Gasteiger charge is 2.51. The van der Waals surface area contributed by atoms with E-state index in [1.54, 1.807) is 11.8 Å². The van der Waals surface area contributed by atoms with Gasteiger partial charge in [0.1, 0.15) is 10.2 Å². The van der Waals surface area contributed by atoms with Crippen LogP contribution in [0.4, 0.5) is 0 Å². The van der Waals surface area contributed by atoms with Gasteiger partial charge in [-0.05, 0) is 18.8 Å². The predicted molar refractivity (Wildman–Crippen MR) is 79.9 cm³/mol. The van der Waals surface area contributed by atoms with Crippen LogP contribution in [0.1, 0.15) is 44.3 Å². The van der Waals surface area contributed by atoms with E-state index in [1.165, 1.54) is 32.1 Å². The third-order valence-electron chi connectivity index (χ3n) is 4.14. The van der Waals surface area contributed by atoms with E-state index in [0.29, 0.717) is 5.92 Å². The van der Waals surface area contributed by atoms with E-state index < -0.39 is 4.33 Å². The largest absolute Gasteiger partial charge is 0.262 e. The van der Waals surface area contributed by atoms with Crippen molar-refractivity contribution in [2.45, 2.75) is 54.4 Å². The van der Waals surface area contributed by atoms with Crippen molar-refractivity contribution in [1.29, 1.82) is 0 Å². The molecule has 3 nitrogen and oxygen atoms in total. The van der Waals surface area contributed by atoms with Crippen molar-refractivity contribution in [2.75, 3.05) is 5.75 Å². The number of aryl methyl sites for hydroxylation is 1. The van der Waals surface area contributed by atoms with E-state index in [2.05, 4.69) is 15.2 Å². The highest BCUT2D eigenvalue weighted by molar-refractivity contribution is 7.99. The molecule has 1 aromatic rings. The van der Waals surface area contributed by atoms with E-state index in [9.17, 15) is 0 Å². The van der Waals surface area contributed by atoms with Crippen molar-refractivity contribution in [2.24, 2.45) is 11.8 Å². The Balaban J connectivity index is 1.41. The van der Waals surface area contributed by atoms with E-state index in [1.807, 2.05) is 0 Å². The van der Waals surface area contributed by atoms with Crippen LogP contribution in [0.2, 0.25) is 0 Å². The van der Waals surface area contributed by atoms with Gasteiger partial charge in [-0.3, -0.25) is 5.10 Å². The van der Waals surface area contributed by atoms with Crippen molar-refractivity contribution >= 4 is 35.0 Å². The molecule has 2 aliphatic rings. The number of halogens is 2. The molecule has 2 fully saturated rings. The van der Waals surface area contributed by atoms with Gasteiger partial charge in [-0.15, -0.1) is 28.3 Å². The lowest BCUT2D eigenvalue weighted by atomic mass is 10.0. The fourth-order valence-corrected chi connectivity index (χ4v) is 4.47. The van der Waals surface area contributed by atoms with Crippen molar-refractivity contribution in [1.82, 2.24) is 15.2 Å². The second-order valence-electron chi connectivity index (χ2n) is 5.73. The summed E-state index contributed by atoms with van der Waals surface area (Å²) in [4.78, 5) is 4.53. The summed E-state index contributed by atoms with van der Waals surface area (Å²) in [5, 5.41) is 8.13. The molecule has 0 spiro atoms. The maximum absolute atomic E-state index is 6.00. The summed E-state index contributed by atoms with van der Waals surface area (Å²) in [5.41, 5.74) is 0. The number of H-pyrrole nitrogens is 1. The van der Waals surface area contributed by atoms with Crippen LogP contribution >= 0.6 is 35.0 Å². The molecule has 0 aromatic carbocycles. The summed E-state index contributed by atoms with van der Waals surface area (Å²) in [7, 11) is 0. The zero-order chi connectivity index (χ0) is 13.3. The van der Waals surface area contributed by atoms with Crippen LogP contribution in [0, 0.1) is 11.8 Å². The van der Waals surface area contributed by atoms with Crippen LogP contribution in [0.3, 0.4) is 0 Å². The maximum Gasteiger partial charge on any atom is 0.208 e. The van der Waals surface area contributed by atoms with Gasteiger partial charge in [0.25, 0.3) is 0 Å². The molecule has 0 radical (unpaired) electrons. The summed E-state index contributed by atoms with van der Waals surface area (Å²) in [6, 6.07) is 0. The van der Waals surface area contributed by atoms with Crippen LogP contribution < -0.4 is 0 Å². The van der Waals surface area contributed by atoms with Crippen molar-refractivity contribution in [3.05, 3.63) is 5.82 Å². The Morgan fingerprint density at radius 3 is 2.74 bits per heavy atom. The number of nitrogens with zero attached hydrogens (tertiary/aromatic N) is 2. The molecule has 1 atom stereocenters. The molecule has 1 heterocycles. The Hall–Kier alpha value is 0.0700. The summed E-state index contributed by atoms with van der Waals surface area (Å²) in [6.07, 6.45) is 8.76. The molecule has 19 heavy (non-hydrogen) atoms. The fourth-order valence-electron chi connectivity index (χ4n) is 2.72. The Morgan fingerprint density at radius 2 is 2.05 bits per heavy atom. The Bertz CT molecular complexity index is 406. The normalized spacial score (nSPS) is 25.9. The second-order valence-corrected chi connectivity index (χ2v) is 8.26. The maximum atomic E-state index is 6.00. The first kappa shape index (κ1) is 14.0. The average Bonchev–Trinajstić information content (AvgIpc) is 2.86. The van der Waals surface area contributed by atoms with E-state index >= 15 is 0 Å². The first-order valence-corrected chi connectivity index (χ1v) is 8.79. The molecule has 2 aliphatic carbocycles. The standard InChI is InChI=1S/C13H19Cl2N3S/c14-13(15)7-10(13)8-19-12-16-11(17-18-12)6-5-9-3-1-2-4-9/h9-10H,1-8H2,(H,16,17,18)/t10-/m0/s1. The number of thioether (sulfide) groups is 1. The van der Waals surface area contributed by atoms with Gasteiger partial charge in [0.15, 0.2) is 0 Å². The molecule has 6 heteroatoms. The molecular formula is C13H19Cl2N3S. The molecule has 0 saturated heterocycles. The van der Waals surface area contributed by atoms with Crippen LogP contribution in [0.5, 0.6) is 0 Å². The lowest BCUT2D eigenvalue weighted by Crippen LogP contribution is -1.97. The van der Waals surface area contributed by atoms with Gasteiger partial charge in [0.2, 0.25) is 5.16 Å². The van der Waals surface area contributed by atoms with Crippen LogP contribution in [0.15, 0.2) is 5.16 Å². The van der Waals surface area contributed by atoms with E-state index in [4.69, 9.17) is 23.2 Å². The lowest BCUT2D eigenvalue weighted by molar-refractivity contribution is 0.497. The van der Waals surface area contributed by atoms with Crippen LogP contribution in [0.25, 0.3) is 0 Å². The summed E-state index contributed by atoms with van der Waals surface area (Å²) in [5.74, 6) is 3.22. The molecule has 0 unspecified atom stereocenters. The molecular weight excluding hydrogens is 301 g/mol. The molecule has 0 amide bonds. The molecule has 1 N–H and O–H groups in total. The van der Waals surface area contributed by atoms with Gasteiger partial charge in [0, 0.05) is 18.1 Å². The van der Waals surface area contributed by atoms with Gasteiger partial charge < -0.3 is 0 Å². The van der Waals surface area contributed by atoms with Crippen molar-refractivity contribution < 1.29 is 0 Å². The molecule has 1 aromatic heterocycles. The second kappa shape index (κ2) is 5.82. The summed E-state index contributed by atoms with van der Waals surface area (Å²) in [6.45, 7) is 0. The number of aromatic amines is 1.